The summed E-state index contributed by atoms with van der Waals surface area (Å²) in [6, 6.07) is 25.7. The van der Waals surface area contributed by atoms with Gasteiger partial charge in [-0.1, -0.05) is 48.5 Å². The second-order valence-corrected chi connectivity index (χ2v) is 6.69. The minimum Gasteiger partial charge on any atom is -0.497 e. The van der Waals surface area contributed by atoms with Crippen LogP contribution in [0.15, 0.2) is 85.1 Å². The maximum atomic E-state index is 12.7. The van der Waals surface area contributed by atoms with E-state index in [2.05, 4.69) is 34.6 Å². The Morgan fingerprint density at radius 2 is 1.68 bits per heavy atom. The van der Waals surface area contributed by atoms with E-state index in [1.165, 1.54) is 16.5 Å². The maximum Gasteiger partial charge on any atom is 0.251 e. The molecule has 3 aromatic carbocycles. The molecule has 0 aliphatic rings. The van der Waals surface area contributed by atoms with Crippen molar-refractivity contribution >= 4 is 16.8 Å². The highest BCUT2D eigenvalue weighted by Crippen LogP contribution is 2.30. The van der Waals surface area contributed by atoms with E-state index in [0.29, 0.717) is 12.1 Å². The minimum atomic E-state index is -0.0941. The molecule has 0 bridgehead atoms. The quantitative estimate of drug-likeness (QED) is 0.515. The second-order valence-electron chi connectivity index (χ2n) is 6.69. The lowest BCUT2D eigenvalue weighted by Crippen LogP contribution is -2.28. The third kappa shape index (κ3) is 3.62. The molecule has 140 valence electrons. The van der Waals surface area contributed by atoms with Gasteiger partial charge in [-0.05, 0) is 41.5 Å². The van der Waals surface area contributed by atoms with Gasteiger partial charge in [-0.15, -0.1) is 0 Å². The molecule has 1 heterocycles. The molecule has 1 atom stereocenters. The first-order valence-corrected chi connectivity index (χ1v) is 9.29. The number of fused-ring (bicyclic) bond motifs is 1. The van der Waals surface area contributed by atoms with Crippen LogP contribution in [0.1, 0.15) is 27.4 Å². The van der Waals surface area contributed by atoms with Crippen LogP contribution >= 0.6 is 0 Å². The van der Waals surface area contributed by atoms with Crippen LogP contribution in [0, 0.1) is 0 Å². The predicted molar refractivity (Wildman–Crippen MR) is 112 cm³/mol. The van der Waals surface area contributed by atoms with Crippen LogP contribution < -0.4 is 10.1 Å². The summed E-state index contributed by atoms with van der Waals surface area (Å²) in [5.41, 5.74) is 4.06. The lowest BCUT2D eigenvalue weighted by Gasteiger charge is -2.18. The van der Waals surface area contributed by atoms with Crippen molar-refractivity contribution in [1.29, 1.82) is 0 Å². The summed E-state index contributed by atoms with van der Waals surface area (Å²) in [6.45, 7) is 0.511. The van der Waals surface area contributed by atoms with E-state index in [0.717, 1.165) is 11.3 Å². The van der Waals surface area contributed by atoms with Crippen molar-refractivity contribution in [2.75, 3.05) is 13.7 Å². The summed E-state index contributed by atoms with van der Waals surface area (Å²) in [7, 11) is 1.61. The first kappa shape index (κ1) is 17.9. The minimum absolute atomic E-state index is 0.0551. The number of amides is 1. The Kier molecular flexibility index (Phi) is 5.11. The number of rotatable bonds is 6. The lowest BCUT2D eigenvalue weighted by atomic mass is 9.91. The largest absolute Gasteiger partial charge is 0.497 e. The van der Waals surface area contributed by atoms with Crippen LogP contribution in [-0.4, -0.2) is 24.5 Å². The van der Waals surface area contributed by atoms with Crippen molar-refractivity contribution in [3.05, 3.63) is 102 Å². The Balaban J connectivity index is 1.60. The Hall–Kier alpha value is -3.53. The number of H-pyrrole nitrogens is 1. The highest BCUT2D eigenvalue weighted by Gasteiger charge is 2.19. The van der Waals surface area contributed by atoms with Crippen LogP contribution in [0.3, 0.4) is 0 Å². The molecule has 1 aromatic heterocycles. The van der Waals surface area contributed by atoms with Crippen molar-refractivity contribution in [2.24, 2.45) is 0 Å². The van der Waals surface area contributed by atoms with Crippen LogP contribution in [0.25, 0.3) is 10.9 Å². The molecule has 1 amide bonds. The number of benzene rings is 3. The van der Waals surface area contributed by atoms with Crippen LogP contribution in [0.2, 0.25) is 0 Å². The fourth-order valence-electron chi connectivity index (χ4n) is 3.51. The summed E-state index contributed by atoms with van der Waals surface area (Å²) < 4.78 is 5.16. The average Bonchev–Trinajstić information content (AvgIpc) is 3.19. The highest BCUT2D eigenvalue weighted by molar-refractivity contribution is 5.94. The molecule has 4 aromatic rings. The lowest BCUT2D eigenvalue weighted by molar-refractivity contribution is 0.0952. The van der Waals surface area contributed by atoms with E-state index >= 15 is 0 Å². The number of ether oxygens (including phenoxy) is 1. The van der Waals surface area contributed by atoms with Crippen molar-refractivity contribution < 1.29 is 9.53 Å². The molecule has 4 heteroatoms. The van der Waals surface area contributed by atoms with E-state index in [9.17, 15) is 4.79 Å². The van der Waals surface area contributed by atoms with Crippen molar-refractivity contribution in [3.63, 3.8) is 0 Å². The first-order valence-electron chi connectivity index (χ1n) is 9.29. The van der Waals surface area contributed by atoms with Crippen LogP contribution in [0.4, 0.5) is 0 Å². The third-order valence-electron chi connectivity index (χ3n) is 5.02. The molecule has 0 aliphatic heterocycles. The topological polar surface area (TPSA) is 54.1 Å². The molecule has 0 fully saturated rings. The third-order valence-corrected chi connectivity index (χ3v) is 5.02. The Bertz CT molecular complexity index is 1070. The number of carbonyl (C=O) groups is 1. The maximum absolute atomic E-state index is 12.7. The average molecular weight is 370 g/mol. The molecular weight excluding hydrogens is 348 g/mol. The summed E-state index contributed by atoms with van der Waals surface area (Å²) in [6.07, 6.45) is 2.04. The van der Waals surface area contributed by atoms with E-state index in [4.69, 9.17) is 4.74 Å². The number of hydrogen-bond acceptors (Lipinski definition) is 2. The van der Waals surface area contributed by atoms with Gasteiger partial charge in [0.1, 0.15) is 5.75 Å². The predicted octanol–water partition coefficient (Wildman–Crippen LogP) is 4.74. The van der Waals surface area contributed by atoms with E-state index in [-0.39, 0.29) is 11.8 Å². The number of para-hydroxylation sites is 1. The van der Waals surface area contributed by atoms with Crippen LogP contribution in [0.5, 0.6) is 5.75 Å². The van der Waals surface area contributed by atoms with Gasteiger partial charge < -0.3 is 15.0 Å². The van der Waals surface area contributed by atoms with Gasteiger partial charge >= 0.3 is 0 Å². The van der Waals surface area contributed by atoms with Gasteiger partial charge in [0.15, 0.2) is 0 Å². The fraction of sp³-hybridized carbons (Fsp3) is 0.125. The van der Waals surface area contributed by atoms with Gasteiger partial charge in [0.2, 0.25) is 0 Å². The fourth-order valence-corrected chi connectivity index (χ4v) is 3.51. The summed E-state index contributed by atoms with van der Waals surface area (Å²) in [5, 5.41) is 4.27. The number of carbonyl (C=O) groups excluding carboxylic acids is 1. The van der Waals surface area contributed by atoms with Gasteiger partial charge in [0, 0.05) is 35.1 Å². The van der Waals surface area contributed by atoms with Gasteiger partial charge in [-0.25, -0.2) is 0 Å². The Labute approximate surface area is 164 Å². The number of nitrogens with one attached hydrogen (secondary N) is 2. The monoisotopic (exact) mass is 370 g/mol. The molecule has 4 rings (SSSR count). The Morgan fingerprint density at radius 3 is 2.43 bits per heavy atom. The van der Waals surface area contributed by atoms with Crippen LogP contribution in [-0.2, 0) is 0 Å². The molecule has 0 aliphatic carbocycles. The van der Waals surface area contributed by atoms with E-state index < -0.39 is 0 Å². The summed E-state index contributed by atoms with van der Waals surface area (Å²) in [5.74, 6) is 0.695. The SMILES string of the molecule is COc1ccc(C(=O)NC[C@@H](c2ccccc2)c2c[nH]c3ccccc23)cc1. The molecule has 2 N–H and O–H groups in total. The van der Waals surface area contributed by atoms with Crippen molar-refractivity contribution in [3.8, 4) is 5.75 Å². The number of aromatic amines is 1. The molecule has 4 nitrogen and oxygen atoms in total. The molecule has 0 saturated carbocycles. The van der Waals surface area contributed by atoms with E-state index in [1.54, 1.807) is 31.4 Å². The number of hydrogen-bond donors (Lipinski definition) is 2. The van der Waals surface area contributed by atoms with Gasteiger partial charge in [-0.2, -0.15) is 0 Å². The standard InChI is InChI=1S/C24H22N2O2/c1-28-19-13-11-18(12-14-19)24(27)26-15-21(17-7-3-2-4-8-17)22-16-25-23-10-6-5-9-20(22)23/h2-14,16,21,25H,15H2,1H3,(H,26,27)/t21-/m0/s1. The molecule has 0 spiro atoms. The molecular formula is C24H22N2O2. The van der Waals surface area contributed by atoms with Crippen molar-refractivity contribution in [1.82, 2.24) is 10.3 Å². The summed E-state index contributed by atoms with van der Waals surface area (Å²) >= 11 is 0. The smallest absolute Gasteiger partial charge is 0.251 e. The number of methoxy groups -OCH3 is 1. The summed E-state index contributed by atoms with van der Waals surface area (Å²) in [4.78, 5) is 16.0. The van der Waals surface area contributed by atoms with Crippen molar-refractivity contribution in [2.45, 2.75) is 5.92 Å². The molecule has 28 heavy (non-hydrogen) atoms. The second kappa shape index (κ2) is 8.01. The van der Waals surface area contributed by atoms with Gasteiger partial charge in [0.05, 0.1) is 7.11 Å². The Morgan fingerprint density at radius 1 is 0.964 bits per heavy atom. The highest BCUT2D eigenvalue weighted by atomic mass is 16.5. The zero-order valence-electron chi connectivity index (χ0n) is 15.7. The number of aromatic nitrogens is 1. The zero-order chi connectivity index (χ0) is 19.3. The normalized spacial score (nSPS) is 11.9. The zero-order valence-corrected chi connectivity index (χ0v) is 15.7. The molecule has 0 unspecified atom stereocenters. The molecule has 0 saturated heterocycles. The van der Waals surface area contributed by atoms with Gasteiger partial charge in [0.25, 0.3) is 5.91 Å². The first-order chi connectivity index (χ1) is 13.8. The van der Waals surface area contributed by atoms with E-state index in [1.807, 2.05) is 36.5 Å². The van der Waals surface area contributed by atoms with Gasteiger partial charge in [-0.3, -0.25) is 4.79 Å². The molecule has 0 radical (unpaired) electrons.